The Morgan fingerprint density at radius 3 is 2.15 bits per heavy atom. The van der Waals surface area contributed by atoms with Gasteiger partial charge in [0.1, 0.15) is 35.4 Å². The number of carbonyl (C=O) groups is 4. The highest BCUT2D eigenvalue weighted by molar-refractivity contribution is 7.11. The zero-order chi connectivity index (χ0) is 33.3. The SMILES string of the molecule is NCCCC[C@H](NC(=O)[C@H](CCCN=C(N)N)NC(=O)c1cncs1)C(=O)N[C@@H](C(N)=O)c1ccc(OCc2ccccc2)cc1. The Bertz CT molecular complexity index is 1430. The minimum Gasteiger partial charge on any atom is -0.489 e. The molecular formula is C31H41N9O5S. The quantitative estimate of drug-likeness (QED) is 0.0551. The number of carbonyl (C=O) groups excluding carboxylic acids is 4. The summed E-state index contributed by atoms with van der Waals surface area (Å²) in [6.45, 7) is 0.989. The van der Waals surface area contributed by atoms with Gasteiger partial charge in [0.05, 0.1) is 11.7 Å². The van der Waals surface area contributed by atoms with Crippen molar-refractivity contribution in [3.63, 3.8) is 0 Å². The van der Waals surface area contributed by atoms with Crippen LogP contribution in [0.5, 0.6) is 5.75 Å². The van der Waals surface area contributed by atoms with Gasteiger partial charge in [-0.1, -0.05) is 42.5 Å². The van der Waals surface area contributed by atoms with Crippen molar-refractivity contribution in [3.8, 4) is 5.75 Å². The van der Waals surface area contributed by atoms with E-state index in [4.69, 9.17) is 27.7 Å². The molecule has 246 valence electrons. The van der Waals surface area contributed by atoms with E-state index in [9.17, 15) is 19.2 Å². The number of aliphatic imine (C=N–C) groups is 1. The topological polar surface area (TPSA) is 243 Å². The van der Waals surface area contributed by atoms with Crippen LogP contribution < -0.4 is 43.6 Å². The van der Waals surface area contributed by atoms with Crippen molar-refractivity contribution in [2.75, 3.05) is 13.1 Å². The zero-order valence-electron chi connectivity index (χ0n) is 25.4. The first kappa shape index (κ1) is 35.5. The maximum atomic E-state index is 13.5. The molecule has 0 radical (unpaired) electrons. The number of guanidine groups is 1. The van der Waals surface area contributed by atoms with Crippen LogP contribution in [0.4, 0.5) is 0 Å². The van der Waals surface area contributed by atoms with E-state index in [-0.39, 0.29) is 25.3 Å². The third kappa shape index (κ3) is 11.8. The van der Waals surface area contributed by atoms with Crippen LogP contribution >= 0.6 is 11.3 Å². The third-order valence-corrected chi connectivity index (χ3v) is 7.61. The first-order chi connectivity index (χ1) is 22.2. The fraction of sp³-hybridized carbons (Fsp3) is 0.355. The second-order valence-corrected chi connectivity index (χ2v) is 11.3. The molecule has 2 aromatic carbocycles. The van der Waals surface area contributed by atoms with Gasteiger partial charge < -0.3 is 43.6 Å². The van der Waals surface area contributed by atoms with Gasteiger partial charge in [0.15, 0.2) is 5.96 Å². The molecule has 0 aliphatic heterocycles. The lowest BCUT2D eigenvalue weighted by Crippen LogP contribution is -2.54. The minimum atomic E-state index is -1.18. The van der Waals surface area contributed by atoms with Gasteiger partial charge in [0.25, 0.3) is 5.91 Å². The minimum absolute atomic E-state index is 0.0929. The number of rotatable bonds is 19. The Kier molecular flexibility index (Phi) is 14.4. The Morgan fingerprint density at radius 2 is 1.52 bits per heavy atom. The van der Waals surface area contributed by atoms with Gasteiger partial charge in [-0.3, -0.25) is 29.2 Å². The lowest BCUT2D eigenvalue weighted by molar-refractivity contribution is -0.132. The summed E-state index contributed by atoms with van der Waals surface area (Å²) < 4.78 is 5.81. The molecule has 46 heavy (non-hydrogen) atoms. The van der Waals surface area contributed by atoms with Crippen LogP contribution in [-0.4, -0.2) is 59.7 Å². The lowest BCUT2D eigenvalue weighted by Gasteiger charge is -2.25. The standard InChI is InChI=1S/C31H41N9O5S/c32-15-5-4-9-23(38-28(42)24(10-6-16-37-31(34)35)39-30(44)25-17-36-19-46-25)29(43)40-26(27(33)41)21-11-13-22(14-12-21)45-18-20-7-2-1-3-8-20/h1-3,7-8,11-14,17,19,23-24,26H,4-6,9-10,15-16,18,32H2,(H2,33,41)(H,38,42)(H,39,44)(H,40,43)(H4,34,35,37)/t23-,24-,26+/m0/s1. The predicted octanol–water partition coefficient (Wildman–Crippen LogP) is 0.831. The molecule has 0 bridgehead atoms. The molecule has 0 aliphatic rings. The molecule has 1 aromatic heterocycles. The number of hydrogen-bond donors (Lipinski definition) is 7. The number of nitrogens with two attached hydrogens (primary N) is 4. The molecule has 0 saturated heterocycles. The number of nitrogens with one attached hydrogen (secondary N) is 3. The highest BCUT2D eigenvalue weighted by Crippen LogP contribution is 2.20. The van der Waals surface area contributed by atoms with E-state index in [1.54, 1.807) is 24.3 Å². The molecule has 3 rings (SSSR count). The van der Waals surface area contributed by atoms with Gasteiger partial charge in [-0.05, 0) is 61.9 Å². The molecule has 0 aliphatic carbocycles. The average Bonchev–Trinajstić information content (AvgIpc) is 3.59. The predicted molar refractivity (Wildman–Crippen MR) is 175 cm³/mol. The molecule has 15 heteroatoms. The number of unbranched alkanes of at least 4 members (excludes halogenated alkanes) is 1. The van der Waals surface area contributed by atoms with Crippen LogP contribution in [0.2, 0.25) is 0 Å². The number of aromatic nitrogens is 1. The monoisotopic (exact) mass is 651 g/mol. The lowest BCUT2D eigenvalue weighted by atomic mass is 10.0. The summed E-state index contributed by atoms with van der Waals surface area (Å²) in [6, 6.07) is 13.1. The Labute approximate surface area is 271 Å². The number of benzene rings is 2. The summed E-state index contributed by atoms with van der Waals surface area (Å²) in [4.78, 5) is 60.4. The normalized spacial score (nSPS) is 12.6. The van der Waals surface area contributed by atoms with Gasteiger partial charge >= 0.3 is 0 Å². The van der Waals surface area contributed by atoms with Gasteiger partial charge in [0.2, 0.25) is 17.7 Å². The van der Waals surface area contributed by atoms with E-state index < -0.39 is 41.8 Å². The van der Waals surface area contributed by atoms with E-state index in [0.29, 0.717) is 48.6 Å². The van der Waals surface area contributed by atoms with Crippen LogP contribution in [-0.2, 0) is 21.0 Å². The van der Waals surface area contributed by atoms with Crippen molar-refractivity contribution in [1.82, 2.24) is 20.9 Å². The molecule has 3 atom stereocenters. The smallest absolute Gasteiger partial charge is 0.263 e. The van der Waals surface area contributed by atoms with Gasteiger partial charge in [-0.25, -0.2) is 0 Å². The van der Waals surface area contributed by atoms with Crippen molar-refractivity contribution < 1.29 is 23.9 Å². The Morgan fingerprint density at radius 1 is 0.848 bits per heavy atom. The van der Waals surface area contributed by atoms with Crippen LogP contribution in [0.25, 0.3) is 0 Å². The summed E-state index contributed by atoms with van der Waals surface area (Å²) >= 11 is 1.12. The maximum Gasteiger partial charge on any atom is 0.263 e. The van der Waals surface area contributed by atoms with Crippen LogP contribution in [0, 0.1) is 0 Å². The highest BCUT2D eigenvalue weighted by atomic mass is 32.1. The molecule has 0 spiro atoms. The van der Waals surface area contributed by atoms with E-state index in [2.05, 4.69) is 25.9 Å². The van der Waals surface area contributed by atoms with E-state index in [0.717, 1.165) is 16.9 Å². The summed E-state index contributed by atoms with van der Waals surface area (Å²) in [6.07, 6.45) is 3.31. The van der Waals surface area contributed by atoms with Crippen molar-refractivity contribution >= 4 is 40.9 Å². The number of thiazole rings is 1. The summed E-state index contributed by atoms with van der Waals surface area (Å²) in [5.41, 5.74) is 25.1. The number of hydrogen-bond acceptors (Lipinski definition) is 9. The largest absolute Gasteiger partial charge is 0.489 e. The summed E-state index contributed by atoms with van der Waals surface area (Å²) in [5, 5.41) is 8.11. The molecular weight excluding hydrogens is 610 g/mol. The summed E-state index contributed by atoms with van der Waals surface area (Å²) in [5.74, 6) is -2.01. The number of ether oxygens (including phenoxy) is 1. The van der Waals surface area contributed by atoms with Gasteiger partial charge in [-0.2, -0.15) is 0 Å². The number of nitrogens with zero attached hydrogens (tertiary/aromatic N) is 2. The first-order valence-corrected chi connectivity index (χ1v) is 15.7. The van der Waals surface area contributed by atoms with Crippen molar-refractivity contribution in [2.24, 2.45) is 27.9 Å². The van der Waals surface area contributed by atoms with Crippen LogP contribution in [0.3, 0.4) is 0 Å². The van der Waals surface area contributed by atoms with Gasteiger partial charge in [0, 0.05) is 6.54 Å². The summed E-state index contributed by atoms with van der Waals surface area (Å²) in [7, 11) is 0. The van der Waals surface area contributed by atoms with Crippen molar-refractivity contribution in [2.45, 2.75) is 56.8 Å². The second-order valence-electron chi connectivity index (χ2n) is 10.4. The third-order valence-electron chi connectivity index (χ3n) is 6.84. The fourth-order valence-corrected chi connectivity index (χ4v) is 4.95. The van der Waals surface area contributed by atoms with E-state index in [1.165, 1.54) is 11.7 Å². The van der Waals surface area contributed by atoms with Crippen molar-refractivity contribution in [3.05, 3.63) is 82.3 Å². The maximum absolute atomic E-state index is 13.5. The zero-order valence-corrected chi connectivity index (χ0v) is 26.2. The molecule has 1 heterocycles. The first-order valence-electron chi connectivity index (χ1n) is 14.8. The molecule has 3 aromatic rings. The van der Waals surface area contributed by atoms with Crippen LogP contribution in [0.1, 0.15) is 58.9 Å². The Hall–Kier alpha value is -5.02. The van der Waals surface area contributed by atoms with Gasteiger partial charge in [-0.15, -0.1) is 11.3 Å². The molecule has 14 nitrogen and oxygen atoms in total. The Balaban J connectivity index is 1.71. The molecule has 4 amide bonds. The highest BCUT2D eigenvalue weighted by Gasteiger charge is 2.30. The molecule has 0 saturated carbocycles. The van der Waals surface area contributed by atoms with E-state index >= 15 is 0 Å². The average molecular weight is 652 g/mol. The number of amides is 4. The molecule has 0 unspecified atom stereocenters. The second kappa shape index (κ2) is 18.7. The molecule has 0 fully saturated rings. The molecule has 11 N–H and O–H groups in total. The van der Waals surface area contributed by atoms with E-state index in [1.807, 2.05) is 30.3 Å². The fourth-order valence-electron chi connectivity index (χ4n) is 4.42. The van der Waals surface area contributed by atoms with Crippen molar-refractivity contribution in [1.29, 1.82) is 0 Å². The van der Waals surface area contributed by atoms with Crippen LogP contribution in [0.15, 0.2) is 71.3 Å². The number of primary amides is 1.